The van der Waals surface area contributed by atoms with Crippen LogP contribution in [-0.2, 0) is 19.1 Å². The number of esters is 1. The van der Waals surface area contributed by atoms with Crippen LogP contribution in [0, 0.1) is 0 Å². The minimum Gasteiger partial charge on any atom is -0.457 e. The third-order valence-electron chi connectivity index (χ3n) is 4.26. The zero-order valence-electron chi connectivity index (χ0n) is 12.1. The maximum absolute atomic E-state index is 12.7. The number of fused-ring (bicyclic) bond motifs is 3. The smallest absolute Gasteiger partial charge is 0.356 e. The molecular weight excluding hydrogens is 260 g/mol. The normalized spacial score (nSPS) is 33.5. The van der Waals surface area contributed by atoms with Crippen LogP contribution in [0.15, 0.2) is 0 Å². The highest BCUT2D eigenvalue weighted by atomic mass is 16.6. The van der Waals surface area contributed by atoms with Gasteiger partial charge in [-0.05, 0) is 27.2 Å². The van der Waals surface area contributed by atoms with E-state index in [1.54, 1.807) is 20.8 Å². The van der Waals surface area contributed by atoms with Crippen LogP contribution in [0.2, 0.25) is 0 Å². The number of amides is 1. The van der Waals surface area contributed by atoms with Gasteiger partial charge >= 0.3 is 5.97 Å². The Hall–Kier alpha value is -1.43. The molecule has 3 heterocycles. The molecule has 0 saturated carbocycles. The topological polar surface area (TPSA) is 66.9 Å². The van der Waals surface area contributed by atoms with E-state index in [0.717, 1.165) is 6.42 Å². The molecule has 3 saturated heterocycles. The highest BCUT2D eigenvalue weighted by molar-refractivity contribution is 6.13. The molecule has 6 heteroatoms. The van der Waals surface area contributed by atoms with Gasteiger partial charge in [-0.3, -0.25) is 14.5 Å². The van der Waals surface area contributed by atoms with Gasteiger partial charge in [-0.15, -0.1) is 0 Å². The van der Waals surface area contributed by atoms with E-state index in [0.29, 0.717) is 25.9 Å². The fourth-order valence-corrected chi connectivity index (χ4v) is 3.46. The van der Waals surface area contributed by atoms with Crippen molar-refractivity contribution in [2.45, 2.75) is 57.3 Å². The van der Waals surface area contributed by atoms with Gasteiger partial charge in [-0.25, -0.2) is 4.79 Å². The molecule has 0 aromatic heterocycles. The van der Waals surface area contributed by atoms with Crippen molar-refractivity contribution >= 4 is 17.7 Å². The second-order valence-electron chi connectivity index (χ2n) is 6.74. The number of ketones is 1. The van der Waals surface area contributed by atoms with Gasteiger partial charge in [0.15, 0.2) is 5.78 Å². The molecule has 0 aromatic carbocycles. The number of hydrogen-bond donors (Lipinski definition) is 0. The lowest BCUT2D eigenvalue weighted by molar-refractivity contribution is -0.206. The number of carbonyl (C=O) groups excluding carboxylic acids is 3. The van der Waals surface area contributed by atoms with Crippen LogP contribution in [0.3, 0.4) is 0 Å². The van der Waals surface area contributed by atoms with Crippen LogP contribution in [0.25, 0.3) is 0 Å². The molecule has 0 radical (unpaired) electrons. The molecule has 3 fully saturated rings. The van der Waals surface area contributed by atoms with Crippen molar-refractivity contribution in [1.82, 2.24) is 9.80 Å². The fraction of sp³-hybridized carbons (Fsp3) is 0.786. The van der Waals surface area contributed by atoms with Crippen molar-refractivity contribution in [2.75, 3.05) is 13.1 Å². The highest BCUT2D eigenvalue weighted by Gasteiger charge is 2.67. The standard InChI is InChI=1S/C14H20N2O4/c1-13(2,3)20-12(19)14-10(17)5-7-15(14)6-4-9-8-11(18)16(9)14/h9H,4-8H2,1-3H3/t9-,14-/m1/s1. The first-order valence-corrected chi connectivity index (χ1v) is 7.11. The Kier molecular flexibility index (Phi) is 2.73. The second-order valence-corrected chi connectivity index (χ2v) is 6.74. The summed E-state index contributed by atoms with van der Waals surface area (Å²) in [5.41, 5.74) is -2.16. The summed E-state index contributed by atoms with van der Waals surface area (Å²) in [5.74, 6) is -0.921. The lowest BCUT2D eigenvalue weighted by Gasteiger charge is -2.56. The highest BCUT2D eigenvalue weighted by Crippen LogP contribution is 2.43. The summed E-state index contributed by atoms with van der Waals surface area (Å²) in [6, 6.07) is 0.00770. The summed E-state index contributed by atoms with van der Waals surface area (Å²) >= 11 is 0. The Labute approximate surface area is 118 Å². The maximum Gasteiger partial charge on any atom is 0.356 e. The zero-order chi connectivity index (χ0) is 14.7. The van der Waals surface area contributed by atoms with E-state index in [9.17, 15) is 14.4 Å². The van der Waals surface area contributed by atoms with Crippen molar-refractivity contribution in [2.24, 2.45) is 0 Å². The Bertz CT molecular complexity index is 496. The molecule has 0 N–H and O–H groups in total. The molecule has 1 amide bonds. The van der Waals surface area contributed by atoms with E-state index >= 15 is 0 Å². The van der Waals surface area contributed by atoms with Crippen LogP contribution < -0.4 is 0 Å². The predicted molar refractivity (Wildman–Crippen MR) is 69.6 cm³/mol. The molecule has 0 bridgehead atoms. The zero-order valence-corrected chi connectivity index (χ0v) is 12.1. The third-order valence-corrected chi connectivity index (χ3v) is 4.26. The molecule has 3 aliphatic heterocycles. The molecule has 0 aliphatic carbocycles. The summed E-state index contributed by atoms with van der Waals surface area (Å²) in [7, 11) is 0. The van der Waals surface area contributed by atoms with Crippen LogP contribution in [0.4, 0.5) is 0 Å². The third kappa shape index (κ3) is 1.63. The average Bonchev–Trinajstić information content (AvgIpc) is 2.63. The number of β-lactam (4-membered cyclic amide) rings is 1. The quantitative estimate of drug-likeness (QED) is 0.393. The SMILES string of the molecule is CC(C)(C)OC(=O)[C@]12C(=O)CCN1CC[C@@H]1CC(=O)N12. The lowest BCUT2D eigenvalue weighted by Crippen LogP contribution is -2.78. The van der Waals surface area contributed by atoms with Crippen LogP contribution in [-0.4, -0.2) is 57.9 Å². The first-order valence-electron chi connectivity index (χ1n) is 7.11. The van der Waals surface area contributed by atoms with Crippen LogP contribution >= 0.6 is 0 Å². The number of hydrogen-bond acceptors (Lipinski definition) is 5. The predicted octanol–water partition coefficient (Wildman–Crippen LogP) is 0.304. The Balaban J connectivity index is 2.01. The Morgan fingerprint density at radius 3 is 2.60 bits per heavy atom. The molecular formula is C14H20N2O4. The molecule has 0 aromatic rings. The van der Waals surface area contributed by atoms with Gasteiger partial charge in [0.1, 0.15) is 5.60 Å². The Morgan fingerprint density at radius 2 is 2.00 bits per heavy atom. The van der Waals surface area contributed by atoms with Gasteiger partial charge in [-0.2, -0.15) is 0 Å². The average molecular weight is 280 g/mol. The van der Waals surface area contributed by atoms with E-state index in [1.807, 2.05) is 4.90 Å². The van der Waals surface area contributed by atoms with Gasteiger partial charge in [-0.1, -0.05) is 0 Å². The molecule has 0 spiro atoms. The fourth-order valence-electron chi connectivity index (χ4n) is 3.46. The van der Waals surface area contributed by atoms with Gasteiger partial charge < -0.3 is 9.64 Å². The largest absolute Gasteiger partial charge is 0.457 e. The van der Waals surface area contributed by atoms with E-state index < -0.39 is 17.2 Å². The van der Waals surface area contributed by atoms with E-state index in [2.05, 4.69) is 0 Å². The van der Waals surface area contributed by atoms with Crippen LogP contribution in [0.5, 0.6) is 0 Å². The van der Waals surface area contributed by atoms with Gasteiger partial charge in [0.05, 0.1) is 0 Å². The maximum atomic E-state index is 12.7. The molecule has 3 rings (SSSR count). The number of rotatable bonds is 1. The van der Waals surface area contributed by atoms with E-state index in [-0.39, 0.29) is 17.7 Å². The molecule has 6 nitrogen and oxygen atoms in total. The van der Waals surface area contributed by atoms with Crippen molar-refractivity contribution in [3.63, 3.8) is 0 Å². The Morgan fingerprint density at radius 1 is 1.30 bits per heavy atom. The number of carbonyl (C=O) groups is 3. The summed E-state index contributed by atoms with van der Waals surface area (Å²) in [6.07, 6.45) is 1.56. The number of Topliss-reactive ketones (excluding diaryl/α,β-unsaturated/α-hetero) is 1. The molecule has 0 unspecified atom stereocenters. The number of ether oxygens (including phenoxy) is 1. The van der Waals surface area contributed by atoms with E-state index in [4.69, 9.17) is 4.74 Å². The van der Waals surface area contributed by atoms with E-state index in [1.165, 1.54) is 4.90 Å². The van der Waals surface area contributed by atoms with Crippen molar-refractivity contribution in [3.05, 3.63) is 0 Å². The summed E-state index contributed by atoms with van der Waals surface area (Å²) in [6.45, 7) is 6.49. The number of nitrogens with zero attached hydrogens (tertiary/aromatic N) is 2. The summed E-state index contributed by atoms with van der Waals surface area (Å²) < 4.78 is 5.46. The first kappa shape index (κ1) is 13.5. The molecule has 20 heavy (non-hydrogen) atoms. The van der Waals surface area contributed by atoms with Crippen molar-refractivity contribution < 1.29 is 19.1 Å². The minimum atomic E-state index is -1.48. The minimum absolute atomic E-state index is 0.00770. The molecule has 2 atom stereocenters. The monoisotopic (exact) mass is 280 g/mol. The van der Waals surface area contributed by atoms with Gasteiger partial charge in [0, 0.05) is 32.0 Å². The summed E-state index contributed by atoms with van der Waals surface area (Å²) in [5, 5.41) is 0. The van der Waals surface area contributed by atoms with Crippen LogP contribution in [0.1, 0.15) is 40.0 Å². The second kappa shape index (κ2) is 4.04. The summed E-state index contributed by atoms with van der Waals surface area (Å²) in [4.78, 5) is 40.4. The van der Waals surface area contributed by atoms with Crippen molar-refractivity contribution in [3.8, 4) is 0 Å². The molecule has 3 aliphatic rings. The molecule has 110 valence electrons. The van der Waals surface area contributed by atoms with Gasteiger partial charge in [0.2, 0.25) is 5.91 Å². The first-order chi connectivity index (χ1) is 9.26. The van der Waals surface area contributed by atoms with Gasteiger partial charge in [0.25, 0.3) is 5.66 Å². The lowest BCUT2D eigenvalue weighted by atomic mass is 9.86. The van der Waals surface area contributed by atoms with Crippen molar-refractivity contribution in [1.29, 1.82) is 0 Å².